The van der Waals surface area contributed by atoms with Crippen molar-refractivity contribution in [3.63, 3.8) is 0 Å². The van der Waals surface area contributed by atoms with Gasteiger partial charge in [-0.05, 0) is 5.92 Å². The van der Waals surface area contributed by atoms with Gasteiger partial charge in [-0.2, -0.15) is 0 Å². The minimum atomic E-state index is -0.125. The molecule has 0 nitrogen and oxygen atoms in total. The van der Waals surface area contributed by atoms with Crippen LogP contribution in [0, 0.1) is 5.92 Å². The Hall–Kier alpha value is 0.130. The summed E-state index contributed by atoms with van der Waals surface area (Å²) in [6.07, 6.45) is 0.917. The summed E-state index contributed by atoms with van der Waals surface area (Å²) in [7, 11) is 10.5. The predicted octanol–water partition coefficient (Wildman–Crippen LogP) is 1.12. The van der Waals surface area contributed by atoms with Gasteiger partial charge >= 0.3 is 0 Å². The summed E-state index contributed by atoms with van der Waals surface area (Å²) >= 11 is 0. The van der Waals surface area contributed by atoms with Crippen molar-refractivity contribution < 1.29 is 0 Å². The molecule has 36 valence electrons. The molecular formula is C5H10B2. The summed E-state index contributed by atoms with van der Waals surface area (Å²) in [4.78, 5) is 0. The Bertz CT molecular complexity index is 35.3. The highest BCUT2D eigenvalue weighted by Crippen LogP contribution is 2.07. The van der Waals surface area contributed by atoms with Crippen LogP contribution < -0.4 is 0 Å². The van der Waals surface area contributed by atoms with Crippen molar-refractivity contribution in [2.45, 2.75) is 26.0 Å². The summed E-state index contributed by atoms with van der Waals surface area (Å²) in [6.45, 7) is 4.21. The molecule has 0 aliphatic rings. The fraction of sp³-hybridized carbons (Fsp3) is 1.00. The van der Waals surface area contributed by atoms with Gasteiger partial charge in [-0.3, -0.25) is 0 Å². The van der Waals surface area contributed by atoms with Crippen molar-refractivity contribution >= 4 is 15.7 Å². The lowest BCUT2D eigenvalue weighted by molar-refractivity contribution is 0.611. The van der Waals surface area contributed by atoms with E-state index in [9.17, 15) is 0 Å². The van der Waals surface area contributed by atoms with Gasteiger partial charge in [0.1, 0.15) is 0 Å². The molecule has 0 saturated heterocycles. The van der Waals surface area contributed by atoms with Crippen LogP contribution in [0.5, 0.6) is 0 Å². The zero-order valence-corrected chi connectivity index (χ0v) is 5.02. The molecule has 0 spiro atoms. The van der Waals surface area contributed by atoms with E-state index in [1.807, 2.05) is 0 Å². The van der Waals surface area contributed by atoms with E-state index in [1.54, 1.807) is 0 Å². The number of rotatable bonds is 2. The Labute approximate surface area is 48.5 Å². The minimum Gasteiger partial charge on any atom is -0.109 e. The summed E-state index contributed by atoms with van der Waals surface area (Å²) in [6, 6.07) is 0. The molecule has 0 aromatic rings. The first-order valence-electron chi connectivity index (χ1n) is 2.64. The van der Waals surface area contributed by atoms with Gasteiger partial charge in [0.25, 0.3) is 0 Å². The largest absolute Gasteiger partial charge is 0.109 e. The molecule has 0 aromatic heterocycles. The van der Waals surface area contributed by atoms with Gasteiger partial charge in [0.2, 0.25) is 0 Å². The van der Waals surface area contributed by atoms with Crippen LogP contribution in [0.3, 0.4) is 0 Å². The van der Waals surface area contributed by atoms with Crippen LogP contribution >= 0.6 is 0 Å². The molecule has 0 heterocycles. The number of hydrogen-bond donors (Lipinski definition) is 0. The molecule has 0 N–H and O–H groups in total. The monoisotopic (exact) mass is 92.1 g/mol. The third kappa shape index (κ3) is 6.13. The molecule has 0 bridgehead atoms. The molecule has 4 radical (unpaired) electrons. The lowest BCUT2D eigenvalue weighted by atomic mass is 9.67. The maximum absolute atomic E-state index is 5.27. The van der Waals surface area contributed by atoms with E-state index >= 15 is 0 Å². The first-order chi connectivity index (χ1) is 3.13. The van der Waals surface area contributed by atoms with Gasteiger partial charge in [-0.1, -0.05) is 20.3 Å². The van der Waals surface area contributed by atoms with Crippen LogP contribution in [-0.2, 0) is 0 Å². The average Bonchev–Trinajstić information content (AvgIpc) is 1.27. The van der Waals surface area contributed by atoms with Crippen molar-refractivity contribution in [3.05, 3.63) is 0 Å². The van der Waals surface area contributed by atoms with Crippen LogP contribution in [-0.4, -0.2) is 15.7 Å². The average molecular weight is 91.8 g/mol. The lowest BCUT2D eigenvalue weighted by Crippen LogP contribution is -1.96. The molecular weight excluding hydrogens is 81.7 g/mol. The minimum absolute atomic E-state index is 0.125. The Morgan fingerprint density at radius 2 is 1.71 bits per heavy atom. The van der Waals surface area contributed by atoms with Gasteiger partial charge in [0.05, 0.1) is 15.7 Å². The lowest BCUT2D eigenvalue weighted by Gasteiger charge is -2.06. The van der Waals surface area contributed by atoms with E-state index in [4.69, 9.17) is 15.7 Å². The highest BCUT2D eigenvalue weighted by Gasteiger charge is 1.95. The second kappa shape index (κ2) is 3.17. The zero-order chi connectivity index (χ0) is 5.86. The Morgan fingerprint density at radius 3 is 1.71 bits per heavy atom. The molecule has 2 heteroatoms. The molecule has 0 rings (SSSR count). The van der Waals surface area contributed by atoms with Gasteiger partial charge in [-0.15, -0.1) is 5.72 Å². The summed E-state index contributed by atoms with van der Waals surface area (Å²) in [5.74, 6) is 0.625. The van der Waals surface area contributed by atoms with Gasteiger partial charge < -0.3 is 0 Å². The van der Waals surface area contributed by atoms with E-state index < -0.39 is 0 Å². The Kier molecular flexibility index (Phi) is 3.23. The first kappa shape index (κ1) is 7.13. The quantitative estimate of drug-likeness (QED) is 0.447. The van der Waals surface area contributed by atoms with E-state index in [0.29, 0.717) is 5.92 Å². The highest BCUT2D eigenvalue weighted by molar-refractivity contribution is 6.35. The van der Waals surface area contributed by atoms with Gasteiger partial charge in [0, 0.05) is 0 Å². The van der Waals surface area contributed by atoms with Crippen LogP contribution in [0.2, 0.25) is 5.72 Å². The van der Waals surface area contributed by atoms with Gasteiger partial charge in [0.15, 0.2) is 0 Å². The summed E-state index contributed by atoms with van der Waals surface area (Å²) in [5, 5.41) is 0. The predicted molar refractivity (Wildman–Crippen MR) is 34.7 cm³/mol. The van der Waals surface area contributed by atoms with E-state index in [1.165, 1.54) is 0 Å². The van der Waals surface area contributed by atoms with Crippen LogP contribution in [0.15, 0.2) is 0 Å². The van der Waals surface area contributed by atoms with Crippen LogP contribution in [0.25, 0.3) is 0 Å². The van der Waals surface area contributed by atoms with Crippen molar-refractivity contribution in [2.75, 3.05) is 0 Å². The second-order valence-electron chi connectivity index (χ2n) is 2.29. The zero-order valence-electron chi connectivity index (χ0n) is 5.02. The smallest absolute Gasteiger partial charge is 0.0575 e. The van der Waals surface area contributed by atoms with Gasteiger partial charge in [-0.25, -0.2) is 0 Å². The van der Waals surface area contributed by atoms with E-state index in [2.05, 4.69) is 13.8 Å². The van der Waals surface area contributed by atoms with Crippen LogP contribution in [0.4, 0.5) is 0 Å². The van der Waals surface area contributed by atoms with E-state index in [-0.39, 0.29) is 5.72 Å². The Balaban J connectivity index is 2.95. The SMILES string of the molecule is [B]C([B])CC(C)C. The fourth-order valence-electron chi connectivity index (χ4n) is 0.544. The molecule has 0 saturated carbocycles. The number of hydrogen-bond acceptors (Lipinski definition) is 0. The highest BCUT2D eigenvalue weighted by atomic mass is 13.9. The topological polar surface area (TPSA) is 0 Å². The van der Waals surface area contributed by atoms with Crippen molar-refractivity contribution in [1.82, 2.24) is 0 Å². The summed E-state index contributed by atoms with van der Waals surface area (Å²) in [5.41, 5.74) is -0.125. The summed E-state index contributed by atoms with van der Waals surface area (Å²) < 4.78 is 0. The molecule has 0 aliphatic carbocycles. The second-order valence-corrected chi connectivity index (χ2v) is 2.29. The maximum Gasteiger partial charge on any atom is 0.0575 e. The molecule has 0 unspecified atom stereocenters. The third-order valence-corrected chi connectivity index (χ3v) is 0.744. The molecule has 0 aromatic carbocycles. The normalized spacial score (nSPS) is 10.9. The molecule has 0 amide bonds. The van der Waals surface area contributed by atoms with Crippen molar-refractivity contribution in [1.29, 1.82) is 0 Å². The molecule has 0 fully saturated rings. The standard InChI is InChI=1S/C5H10B2/c1-4(2)3-5(6)7/h4-5H,3H2,1-2H3. The first-order valence-corrected chi connectivity index (χ1v) is 2.64. The maximum atomic E-state index is 5.27. The molecule has 0 atom stereocenters. The fourth-order valence-corrected chi connectivity index (χ4v) is 0.544. The van der Waals surface area contributed by atoms with Crippen molar-refractivity contribution in [3.8, 4) is 0 Å². The van der Waals surface area contributed by atoms with Crippen LogP contribution in [0.1, 0.15) is 20.3 Å². The third-order valence-electron chi connectivity index (χ3n) is 0.744. The van der Waals surface area contributed by atoms with Crippen molar-refractivity contribution in [2.24, 2.45) is 5.92 Å². The molecule has 0 aliphatic heterocycles. The molecule has 7 heavy (non-hydrogen) atoms. The Morgan fingerprint density at radius 1 is 1.29 bits per heavy atom. The van der Waals surface area contributed by atoms with E-state index in [0.717, 1.165) is 6.42 Å².